The second kappa shape index (κ2) is 9.92. The predicted octanol–water partition coefficient (Wildman–Crippen LogP) is 4.01. The highest BCUT2D eigenvalue weighted by Gasteiger charge is 2.25. The average Bonchev–Trinajstić information content (AvgIpc) is 2.84. The number of rotatable bonds is 7. The summed E-state index contributed by atoms with van der Waals surface area (Å²) < 4.78 is 51.7. The van der Waals surface area contributed by atoms with Crippen molar-refractivity contribution in [3.05, 3.63) is 83.2 Å². The number of aryl methyl sites for hydroxylation is 1. The number of carbonyl (C=O) groups excluding carboxylic acids is 2. The van der Waals surface area contributed by atoms with E-state index in [-0.39, 0.29) is 21.7 Å². The van der Waals surface area contributed by atoms with Crippen molar-refractivity contribution in [3.63, 3.8) is 0 Å². The van der Waals surface area contributed by atoms with Crippen molar-refractivity contribution in [1.82, 2.24) is 0 Å². The van der Waals surface area contributed by atoms with E-state index in [2.05, 4.69) is 10.1 Å². The summed E-state index contributed by atoms with van der Waals surface area (Å²) in [6, 6.07) is 14.1. The third kappa shape index (κ3) is 4.86. The molecule has 0 aliphatic carbocycles. The maximum atomic E-state index is 14.3. The van der Waals surface area contributed by atoms with E-state index in [1.165, 1.54) is 45.5 Å². The zero-order valence-corrected chi connectivity index (χ0v) is 19.8. The van der Waals surface area contributed by atoms with Gasteiger partial charge in [0, 0.05) is 12.6 Å². The summed E-state index contributed by atoms with van der Waals surface area (Å²) >= 11 is 0. The van der Waals surface area contributed by atoms with Gasteiger partial charge in [0.1, 0.15) is 11.6 Å². The molecular formula is C24H23FN2O6S. The van der Waals surface area contributed by atoms with Crippen LogP contribution in [0.15, 0.2) is 65.6 Å². The highest BCUT2D eigenvalue weighted by atomic mass is 32.2. The van der Waals surface area contributed by atoms with Crippen LogP contribution in [0, 0.1) is 12.7 Å². The Balaban J connectivity index is 1.96. The van der Waals surface area contributed by atoms with Crippen molar-refractivity contribution in [3.8, 4) is 5.75 Å². The van der Waals surface area contributed by atoms with Gasteiger partial charge in [0.05, 0.1) is 36.1 Å². The molecule has 3 rings (SSSR count). The Bertz CT molecular complexity index is 1360. The van der Waals surface area contributed by atoms with Crippen molar-refractivity contribution < 1.29 is 31.9 Å². The van der Waals surface area contributed by atoms with Gasteiger partial charge in [0.15, 0.2) is 0 Å². The van der Waals surface area contributed by atoms with Crippen LogP contribution in [0.25, 0.3) is 0 Å². The van der Waals surface area contributed by atoms with Crippen LogP contribution in [0.5, 0.6) is 5.75 Å². The predicted molar refractivity (Wildman–Crippen MR) is 125 cm³/mol. The Hall–Kier alpha value is -3.92. The third-order valence-electron chi connectivity index (χ3n) is 5.17. The van der Waals surface area contributed by atoms with Gasteiger partial charge in [-0.1, -0.05) is 18.2 Å². The fourth-order valence-electron chi connectivity index (χ4n) is 3.24. The molecule has 0 aliphatic rings. The molecule has 1 N–H and O–H groups in total. The first-order valence-electron chi connectivity index (χ1n) is 10.0. The first-order valence-corrected chi connectivity index (χ1v) is 11.5. The molecule has 10 heteroatoms. The monoisotopic (exact) mass is 486 g/mol. The van der Waals surface area contributed by atoms with Crippen LogP contribution in [0.3, 0.4) is 0 Å². The van der Waals surface area contributed by atoms with Gasteiger partial charge >= 0.3 is 5.97 Å². The molecule has 0 unspecified atom stereocenters. The van der Waals surface area contributed by atoms with Gasteiger partial charge in [-0.05, 0) is 55.0 Å². The lowest BCUT2D eigenvalue weighted by Crippen LogP contribution is -2.27. The number of amides is 1. The molecule has 3 aromatic rings. The van der Waals surface area contributed by atoms with Gasteiger partial charge in [-0.2, -0.15) is 0 Å². The average molecular weight is 487 g/mol. The first-order chi connectivity index (χ1) is 16.1. The molecule has 0 saturated carbocycles. The minimum atomic E-state index is -4.06. The molecule has 0 atom stereocenters. The van der Waals surface area contributed by atoms with E-state index in [1.807, 2.05) is 0 Å². The fraction of sp³-hybridized carbons (Fsp3) is 0.167. The van der Waals surface area contributed by atoms with Gasteiger partial charge in [0.25, 0.3) is 15.9 Å². The lowest BCUT2D eigenvalue weighted by molar-refractivity contribution is 0.0600. The Labute approximate surface area is 197 Å². The molecule has 0 radical (unpaired) electrons. The van der Waals surface area contributed by atoms with E-state index in [4.69, 9.17) is 4.74 Å². The van der Waals surface area contributed by atoms with Crippen LogP contribution in [-0.4, -0.2) is 41.6 Å². The number of sulfonamides is 1. The van der Waals surface area contributed by atoms with Crippen molar-refractivity contribution >= 4 is 33.3 Å². The number of esters is 1. The van der Waals surface area contributed by atoms with Crippen LogP contribution in [0.2, 0.25) is 0 Å². The summed E-state index contributed by atoms with van der Waals surface area (Å²) in [5.41, 5.74) is 0.619. The number of hydrogen-bond donors (Lipinski definition) is 1. The molecule has 1 amide bonds. The van der Waals surface area contributed by atoms with Crippen molar-refractivity contribution in [2.45, 2.75) is 11.8 Å². The second-order valence-electron chi connectivity index (χ2n) is 7.26. The number of halogens is 1. The first kappa shape index (κ1) is 24.7. The molecule has 3 aromatic carbocycles. The Morgan fingerprint density at radius 2 is 1.71 bits per heavy atom. The molecule has 0 fully saturated rings. The maximum absolute atomic E-state index is 14.3. The molecule has 0 spiro atoms. The largest absolute Gasteiger partial charge is 0.495 e. The number of methoxy groups -OCH3 is 2. The number of nitrogens with one attached hydrogen (secondary N) is 1. The SMILES string of the molecule is COC(=O)c1ccc(F)c(NC(=O)c2cc(S(=O)(=O)N(C)c3ccccc3OC)ccc2C)c1. The van der Waals surface area contributed by atoms with Crippen LogP contribution in [0.1, 0.15) is 26.3 Å². The number of anilines is 2. The summed E-state index contributed by atoms with van der Waals surface area (Å²) in [5, 5.41) is 2.39. The number of nitrogens with zero attached hydrogens (tertiary/aromatic N) is 1. The van der Waals surface area contributed by atoms with E-state index < -0.39 is 27.7 Å². The third-order valence-corrected chi connectivity index (χ3v) is 6.94. The van der Waals surface area contributed by atoms with Crippen LogP contribution in [0.4, 0.5) is 15.8 Å². The number of para-hydroxylation sites is 2. The zero-order chi connectivity index (χ0) is 25.0. The summed E-state index contributed by atoms with van der Waals surface area (Å²) in [7, 11) is -0.0719. The fourth-order valence-corrected chi connectivity index (χ4v) is 4.47. The summed E-state index contributed by atoms with van der Waals surface area (Å²) in [6.45, 7) is 1.62. The van der Waals surface area contributed by atoms with E-state index in [9.17, 15) is 22.4 Å². The smallest absolute Gasteiger partial charge is 0.337 e. The van der Waals surface area contributed by atoms with Gasteiger partial charge in [-0.25, -0.2) is 17.6 Å². The maximum Gasteiger partial charge on any atom is 0.337 e. The van der Waals surface area contributed by atoms with Gasteiger partial charge in [-0.3, -0.25) is 9.10 Å². The Kier molecular flexibility index (Phi) is 7.21. The Morgan fingerprint density at radius 1 is 1.00 bits per heavy atom. The molecular weight excluding hydrogens is 463 g/mol. The van der Waals surface area contributed by atoms with E-state index >= 15 is 0 Å². The number of hydrogen-bond acceptors (Lipinski definition) is 6. The van der Waals surface area contributed by atoms with Crippen LogP contribution < -0.4 is 14.4 Å². The minimum absolute atomic E-state index is 0.0253. The standard InChI is InChI=1S/C24H23FN2O6S/c1-15-9-11-17(34(30,31)27(2)21-7-5-6-8-22(21)32-3)14-18(15)23(28)26-20-13-16(24(29)33-4)10-12-19(20)25/h5-14H,1-4H3,(H,26,28). The number of carbonyl (C=O) groups is 2. The Morgan fingerprint density at radius 3 is 2.38 bits per heavy atom. The molecule has 0 saturated heterocycles. The van der Waals surface area contributed by atoms with E-state index in [0.717, 1.165) is 16.4 Å². The minimum Gasteiger partial charge on any atom is -0.495 e. The zero-order valence-electron chi connectivity index (χ0n) is 19.0. The summed E-state index contributed by atoms with van der Waals surface area (Å²) in [4.78, 5) is 24.5. The lowest BCUT2D eigenvalue weighted by atomic mass is 10.1. The van der Waals surface area contributed by atoms with Crippen molar-refractivity contribution in [1.29, 1.82) is 0 Å². The van der Waals surface area contributed by atoms with Crippen molar-refractivity contribution in [2.75, 3.05) is 30.9 Å². The second-order valence-corrected chi connectivity index (χ2v) is 9.23. The number of ether oxygens (including phenoxy) is 2. The number of benzene rings is 3. The molecule has 0 bridgehead atoms. The molecule has 0 aromatic heterocycles. The lowest BCUT2D eigenvalue weighted by Gasteiger charge is -2.22. The quantitative estimate of drug-likeness (QED) is 0.507. The summed E-state index contributed by atoms with van der Waals surface area (Å²) in [5.74, 6) is -1.84. The normalized spacial score (nSPS) is 11.0. The van der Waals surface area contributed by atoms with Gasteiger partial charge < -0.3 is 14.8 Å². The highest BCUT2D eigenvalue weighted by molar-refractivity contribution is 7.92. The summed E-state index contributed by atoms with van der Waals surface area (Å²) in [6.07, 6.45) is 0. The van der Waals surface area contributed by atoms with E-state index in [0.29, 0.717) is 17.0 Å². The molecule has 178 valence electrons. The van der Waals surface area contributed by atoms with Crippen LogP contribution >= 0.6 is 0 Å². The molecule has 8 nitrogen and oxygen atoms in total. The molecule has 34 heavy (non-hydrogen) atoms. The van der Waals surface area contributed by atoms with E-state index in [1.54, 1.807) is 31.2 Å². The highest BCUT2D eigenvalue weighted by Crippen LogP contribution is 2.31. The van der Waals surface area contributed by atoms with Crippen molar-refractivity contribution in [2.24, 2.45) is 0 Å². The topological polar surface area (TPSA) is 102 Å². The van der Waals surface area contributed by atoms with Gasteiger partial charge in [0.2, 0.25) is 0 Å². The molecule has 0 aliphatic heterocycles. The van der Waals surface area contributed by atoms with Gasteiger partial charge in [-0.15, -0.1) is 0 Å². The van der Waals surface area contributed by atoms with Crippen LogP contribution in [-0.2, 0) is 14.8 Å². The molecule has 0 heterocycles.